The number of benzene rings is 3. The van der Waals surface area contributed by atoms with E-state index in [1.165, 1.54) is 0 Å². The van der Waals surface area contributed by atoms with Gasteiger partial charge in [-0.2, -0.15) is 0 Å². The Labute approximate surface area is 161 Å². The summed E-state index contributed by atoms with van der Waals surface area (Å²) in [5.74, 6) is 2.26. The minimum Gasteiger partial charge on any atom is -0.429 e. The third-order valence-electron chi connectivity index (χ3n) is 3.61. The fourth-order valence-corrected chi connectivity index (χ4v) is 3.18. The van der Waals surface area contributed by atoms with E-state index in [4.69, 9.17) is 16.7 Å². The fourth-order valence-electron chi connectivity index (χ4n) is 2.55. The summed E-state index contributed by atoms with van der Waals surface area (Å²) in [5, 5.41) is 1.66. The Morgan fingerprint density at radius 2 is 1.38 bits per heavy atom. The van der Waals surface area contributed by atoms with E-state index in [0.717, 1.165) is 21.9 Å². The van der Waals surface area contributed by atoms with Crippen LogP contribution in [0.3, 0.4) is 0 Å². The summed E-state index contributed by atoms with van der Waals surface area (Å²) >= 11 is 15.7. The minimum absolute atomic E-state index is 0.542. The molecule has 0 aromatic heterocycles. The van der Waals surface area contributed by atoms with Crippen LogP contribution < -0.4 is 16.7 Å². The van der Waals surface area contributed by atoms with E-state index < -0.39 is 0 Å². The lowest BCUT2D eigenvalue weighted by Crippen LogP contribution is -1.90. The van der Waals surface area contributed by atoms with Crippen LogP contribution in [-0.2, 0) is 0 Å². The zero-order valence-corrected chi connectivity index (χ0v) is 15.6. The summed E-state index contributed by atoms with van der Waals surface area (Å²) in [6, 6.07) is 14.6. The standard InChI is InChI=1S/C16H12O4S4/c21-17-9-4-7-15(19-23)13(8-9)12-6-5-10-11(16(12)20-24)2-1-3-14(10)18-22/h1-8,21-24H. The summed E-state index contributed by atoms with van der Waals surface area (Å²) in [6.45, 7) is 0. The number of rotatable bonds is 5. The molecule has 24 heavy (non-hydrogen) atoms. The topological polar surface area (TPSA) is 36.9 Å². The Morgan fingerprint density at radius 3 is 2.04 bits per heavy atom. The van der Waals surface area contributed by atoms with Crippen LogP contribution in [0, 0.1) is 0 Å². The molecule has 3 aromatic carbocycles. The second kappa shape index (κ2) is 7.60. The van der Waals surface area contributed by atoms with Crippen LogP contribution in [-0.4, -0.2) is 0 Å². The Hall–Kier alpha value is -1.48. The molecule has 3 aromatic rings. The molecule has 0 fully saturated rings. The number of hydrogen-bond acceptors (Lipinski definition) is 8. The normalized spacial score (nSPS) is 10.5. The minimum atomic E-state index is 0.542. The maximum Gasteiger partial charge on any atom is 0.152 e. The SMILES string of the molecule is SOc1ccc(OS)c(-c2ccc3c(OS)cccc3c2OS)c1. The zero-order chi connectivity index (χ0) is 17.1. The van der Waals surface area contributed by atoms with Gasteiger partial charge >= 0.3 is 0 Å². The molecule has 0 bridgehead atoms. The van der Waals surface area contributed by atoms with Gasteiger partial charge in [0, 0.05) is 73.5 Å². The molecule has 0 N–H and O–H groups in total. The highest BCUT2D eigenvalue weighted by atomic mass is 32.1. The molecule has 0 amide bonds. The van der Waals surface area contributed by atoms with Gasteiger partial charge < -0.3 is 16.7 Å². The summed E-state index contributed by atoms with van der Waals surface area (Å²) < 4.78 is 20.6. The summed E-state index contributed by atoms with van der Waals surface area (Å²) in [7, 11) is 0. The molecule has 3 rings (SSSR count). The van der Waals surface area contributed by atoms with Gasteiger partial charge in [-0.25, -0.2) is 0 Å². The van der Waals surface area contributed by atoms with E-state index >= 15 is 0 Å². The largest absolute Gasteiger partial charge is 0.429 e. The first-order chi connectivity index (χ1) is 11.7. The first-order valence-electron chi connectivity index (χ1n) is 6.69. The lowest BCUT2D eigenvalue weighted by molar-refractivity contribution is 0.639. The third-order valence-corrected chi connectivity index (χ3v) is 4.39. The predicted octanol–water partition coefficient (Wildman–Crippen LogP) is 5.40. The highest BCUT2D eigenvalue weighted by Gasteiger charge is 2.17. The molecular formula is C16H12O4S4. The van der Waals surface area contributed by atoms with Crippen molar-refractivity contribution in [2.75, 3.05) is 0 Å². The van der Waals surface area contributed by atoms with Crippen molar-refractivity contribution in [3.63, 3.8) is 0 Å². The van der Waals surface area contributed by atoms with Gasteiger partial charge in [0.15, 0.2) is 5.75 Å². The number of hydrogen-bond donors (Lipinski definition) is 4. The molecule has 124 valence electrons. The van der Waals surface area contributed by atoms with Crippen molar-refractivity contribution < 1.29 is 16.7 Å². The monoisotopic (exact) mass is 396 g/mol. The maximum absolute atomic E-state index is 5.36. The van der Waals surface area contributed by atoms with Crippen LogP contribution in [0.1, 0.15) is 0 Å². The Bertz CT molecular complexity index is 885. The summed E-state index contributed by atoms with van der Waals surface area (Å²) in [6.07, 6.45) is 0. The molecule has 0 saturated carbocycles. The van der Waals surface area contributed by atoms with Crippen molar-refractivity contribution in [2.45, 2.75) is 0 Å². The smallest absolute Gasteiger partial charge is 0.152 e. The van der Waals surface area contributed by atoms with Gasteiger partial charge in [0.1, 0.15) is 17.2 Å². The molecule has 0 aliphatic heterocycles. The van der Waals surface area contributed by atoms with Crippen molar-refractivity contribution in [1.29, 1.82) is 0 Å². The van der Waals surface area contributed by atoms with Crippen molar-refractivity contribution in [3.8, 4) is 34.1 Å². The second-order valence-corrected chi connectivity index (χ2v) is 5.55. The van der Waals surface area contributed by atoms with Crippen LogP contribution in [0.15, 0.2) is 48.5 Å². The Kier molecular flexibility index (Phi) is 5.50. The molecule has 0 heterocycles. The molecular weight excluding hydrogens is 384 g/mol. The lowest BCUT2D eigenvalue weighted by atomic mass is 9.98. The quantitative estimate of drug-likeness (QED) is 0.344. The van der Waals surface area contributed by atoms with Crippen molar-refractivity contribution >= 4 is 62.4 Å². The lowest BCUT2D eigenvalue weighted by Gasteiger charge is -2.15. The van der Waals surface area contributed by atoms with Crippen LogP contribution in [0.4, 0.5) is 0 Å². The highest BCUT2D eigenvalue weighted by Crippen LogP contribution is 2.44. The maximum atomic E-state index is 5.36. The van der Waals surface area contributed by atoms with Gasteiger partial charge in [0.2, 0.25) is 0 Å². The predicted molar refractivity (Wildman–Crippen MR) is 108 cm³/mol. The van der Waals surface area contributed by atoms with E-state index in [2.05, 4.69) is 51.6 Å². The van der Waals surface area contributed by atoms with Gasteiger partial charge in [-0.1, -0.05) is 12.1 Å². The number of fused-ring (bicyclic) bond motifs is 1. The average Bonchev–Trinajstić information content (AvgIpc) is 2.65. The molecule has 0 saturated heterocycles. The molecule has 8 heteroatoms. The molecule has 0 radical (unpaired) electrons. The molecule has 0 atom stereocenters. The molecule has 4 nitrogen and oxygen atoms in total. The highest BCUT2D eigenvalue weighted by molar-refractivity contribution is 7.75. The van der Waals surface area contributed by atoms with Crippen LogP contribution >= 0.6 is 51.6 Å². The third kappa shape index (κ3) is 3.06. The number of thiol groups is 4. The average molecular weight is 397 g/mol. The van der Waals surface area contributed by atoms with E-state index in [0.29, 0.717) is 23.0 Å². The Morgan fingerprint density at radius 1 is 0.583 bits per heavy atom. The fraction of sp³-hybridized carbons (Fsp3) is 0. The Balaban J connectivity index is 2.31. The van der Waals surface area contributed by atoms with Gasteiger partial charge in [-0.15, -0.1) is 0 Å². The zero-order valence-electron chi connectivity index (χ0n) is 12.0. The van der Waals surface area contributed by atoms with E-state index in [1.54, 1.807) is 18.2 Å². The molecule has 0 unspecified atom stereocenters. The summed E-state index contributed by atoms with van der Waals surface area (Å²) in [5.41, 5.74) is 1.48. The van der Waals surface area contributed by atoms with Crippen molar-refractivity contribution in [1.82, 2.24) is 0 Å². The second-order valence-electron chi connectivity index (χ2n) is 4.82. The van der Waals surface area contributed by atoms with Gasteiger partial charge in [0.25, 0.3) is 0 Å². The van der Waals surface area contributed by atoms with Crippen LogP contribution in [0.25, 0.3) is 21.9 Å². The van der Waals surface area contributed by atoms with Crippen LogP contribution in [0.2, 0.25) is 0 Å². The molecule has 0 aliphatic carbocycles. The van der Waals surface area contributed by atoms with E-state index in [1.807, 2.05) is 30.3 Å². The van der Waals surface area contributed by atoms with Gasteiger partial charge in [0.05, 0.1) is 0 Å². The molecule has 0 aliphatic rings. The van der Waals surface area contributed by atoms with Gasteiger partial charge in [-0.3, -0.25) is 0 Å². The van der Waals surface area contributed by atoms with Crippen LogP contribution in [0.5, 0.6) is 23.0 Å². The van der Waals surface area contributed by atoms with Crippen molar-refractivity contribution in [3.05, 3.63) is 48.5 Å². The molecule has 0 spiro atoms. The van der Waals surface area contributed by atoms with E-state index in [-0.39, 0.29) is 0 Å². The van der Waals surface area contributed by atoms with Gasteiger partial charge in [-0.05, 0) is 36.4 Å². The first kappa shape index (κ1) is 17.3. The first-order valence-corrected chi connectivity index (χ1v) is 8.15. The van der Waals surface area contributed by atoms with Crippen molar-refractivity contribution in [2.24, 2.45) is 0 Å². The van der Waals surface area contributed by atoms with E-state index in [9.17, 15) is 0 Å². The summed E-state index contributed by atoms with van der Waals surface area (Å²) in [4.78, 5) is 0.